The lowest BCUT2D eigenvalue weighted by molar-refractivity contribution is -0.123. The Morgan fingerprint density at radius 2 is 2.15 bits per heavy atom. The molecule has 0 bridgehead atoms. The van der Waals surface area contributed by atoms with Gasteiger partial charge in [0.05, 0.1) is 5.69 Å². The third-order valence-electron chi connectivity index (χ3n) is 3.02. The first-order chi connectivity index (χ1) is 9.65. The number of carbonyl (C=O) groups is 2. The zero-order valence-corrected chi connectivity index (χ0v) is 12.4. The smallest absolute Gasteiger partial charge is 0.273 e. The van der Waals surface area contributed by atoms with Crippen LogP contribution < -0.4 is 10.9 Å². The molecule has 2 heterocycles. The molecule has 7 heteroatoms. The van der Waals surface area contributed by atoms with Gasteiger partial charge in [0.15, 0.2) is 0 Å². The lowest BCUT2D eigenvalue weighted by Gasteiger charge is -2.05. The second-order valence-corrected chi connectivity index (χ2v) is 6.44. The van der Waals surface area contributed by atoms with E-state index in [-0.39, 0.29) is 17.7 Å². The molecule has 2 aromatic rings. The highest BCUT2D eigenvalue weighted by Crippen LogP contribution is 2.30. The van der Waals surface area contributed by atoms with Gasteiger partial charge in [0, 0.05) is 16.9 Å². The van der Waals surface area contributed by atoms with Crippen LogP contribution >= 0.6 is 22.7 Å². The molecule has 1 aliphatic carbocycles. The Kier molecular flexibility index (Phi) is 3.54. The minimum absolute atomic E-state index is 0.0687. The lowest BCUT2D eigenvalue weighted by atomic mass is 10.3. The van der Waals surface area contributed by atoms with Crippen molar-refractivity contribution in [2.24, 2.45) is 5.92 Å². The van der Waals surface area contributed by atoms with E-state index in [1.165, 1.54) is 11.3 Å². The van der Waals surface area contributed by atoms with Crippen molar-refractivity contribution in [3.05, 3.63) is 27.4 Å². The highest BCUT2D eigenvalue weighted by Gasteiger charge is 2.30. The van der Waals surface area contributed by atoms with Gasteiger partial charge in [-0.1, -0.05) is 0 Å². The molecule has 3 rings (SSSR count). The lowest BCUT2D eigenvalue weighted by Crippen LogP contribution is -2.42. The summed E-state index contributed by atoms with van der Waals surface area (Å²) in [6.07, 6.45) is 1.81. The number of aryl methyl sites for hydroxylation is 1. The fraction of sp³-hybridized carbons (Fsp3) is 0.308. The first kappa shape index (κ1) is 13.3. The average molecular weight is 307 g/mol. The summed E-state index contributed by atoms with van der Waals surface area (Å²) in [5, 5.41) is 4.79. The van der Waals surface area contributed by atoms with E-state index in [1.807, 2.05) is 16.8 Å². The van der Waals surface area contributed by atoms with Gasteiger partial charge in [0.2, 0.25) is 5.91 Å². The van der Waals surface area contributed by atoms with Crippen LogP contribution in [-0.4, -0.2) is 16.8 Å². The van der Waals surface area contributed by atoms with Crippen LogP contribution in [0, 0.1) is 12.8 Å². The summed E-state index contributed by atoms with van der Waals surface area (Å²) in [6, 6.07) is 1.97. The van der Waals surface area contributed by atoms with Crippen molar-refractivity contribution in [2.45, 2.75) is 19.8 Å². The monoisotopic (exact) mass is 307 g/mol. The van der Waals surface area contributed by atoms with E-state index in [0.29, 0.717) is 10.6 Å². The number of hydrogen-bond donors (Lipinski definition) is 2. The maximum atomic E-state index is 12.0. The van der Waals surface area contributed by atoms with Gasteiger partial charge in [-0.15, -0.1) is 11.3 Å². The summed E-state index contributed by atoms with van der Waals surface area (Å²) in [4.78, 5) is 28.5. The highest BCUT2D eigenvalue weighted by molar-refractivity contribution is 7.17. The molecule has 0 radical (unpaired) electrons. The van der Waals surface area contributed by atoms with E-state index >= 15 is 0 Å². The van der Waals surface area contributed by atoms with Gasteiger partial charge in [0.1, 0.15) is 9.88 Å². The van der Waals surface area contributed by atoms with Crippen molar-refractivity contribution < 1.29 is 9.59 Å². The molecule has 1 aliphatic rings. The van der Waals surface area contributed by atoms with Gasteiger partial charge in [-0.3, -0.25) is 20.4 Å². The Morgan fingerprint density at radius 3 is 2.80 bits per heavy atom. The minimum Gasteiger partial charge on any atom is -0.273 e. The molecule has 1 saturated carbocycles. The van der Waals surface area contributed by atoms with Crippen LogP contribution in [0.2, 0.25) is 0 Å². The summed E-state index contributed by atoms with van der Waals surface area (Å²) in [7, 11) is 0. The number of hydrazine groups is 1. The van der Waals surface area contributed by atoms with Crippen molar-refractivity contribution in [3.8, 4) is 10.6 Å². The molecule has 0 spiro atoms. The van der Waals surface area contributed by atoms with Gasteiger partial charge in [-0.25, -0.2) is 4.98 Å². The van der Waals surface area contributed by atoms with Crippen LogP contribution in [0.1, 0.15) is 28.2 Å². The molecule has 0 aromatic carbocycles. The van der Waals surface area contributed by atoms with Crippen molar-refractivity contribution in [1.29, 1.82) is 0 Å². The number of carbonyl (C=O) groups excluding carboxylic acids is 2. The van der Waals surface area contributed by atoms with Gasteiger partial charge in [-0.2, -0.15) is 11.3 Å². The Labute approximate surface area is 124 Å². The molecule has 2 aromatic heterocycles. The zero-order valence-electron chi connectivity index (χ0n) is 10.8. The first-order valence-corrected chi connectivity index (χ1v) is 8.01. The Morgan fingerprint density at radius 1 is 1.35 bits per heavy atom. The topological polar surface area (TPSA) is 71.1 Å². The molecule has 0 unspecified atom stereocenters. The van der Waals surface area contributed by atoms with E-state index in [4.69, 9.17) is 0 Å². The maximum Gasteiger partial charge on any atom is 0.281 e. The predicted molar refractivity (Wildman–Crippen MR) is 78.5 cm³/mol. The normalized spacial score (nSPS) is 14.1. The number of aromatic nitrogens is 1. The number of hydrogen-bond acceptors (Lipinski definition) is 5. The highest BCUT2D eigenvalue weighted by atomic mass is 32.1. The molecule has 0 saturated heterocycles. The van der Waals surface area contributed by atoms with E-state index < -0.39 is 0 Å². The summed E-state index contributed by atoms with van der Waals surface area (Å²) >= 11 is 2.92. The molecule has 1 fully saturated rings. The molecular weight excluding hydrogens is 294 g/mol. The molecule has 104 valence electrons. The van der Waals surface area contributed by atoms with E-state index in [2.05, 4.69) is 15.8 Å². The number of thiophene rings is 1. The standard InChI is InChI=1S/C13H13N3O2S2/c1-7-10(12(18)16-15-11(17)8-2-3-8)20-13(14-7)9-4-5-19-6-9/h4-6,8H,2-3H2,1H3,(H,15,17)(H,16,18). The summed E-state index contributed by atoms with van der Waals surface area (Å²) in [6.45, 7) is 1.80. The molecular formula is C13H13N3O2S2. The second-order valence-electron chi connectivity index (χ2n) is 4.66. The third kappa shape index (κ3) is 2.73. The van der Waals surface area contributed by atoms with Gasteiger partial charge >= 0.3 is 0 Å². The maximum absolute atomic E-state index is 12.0. The van der Waals surface area contributed by atoms with Crippen LogP contribution in [0.4, 0.5) is 0 Å². The third-order valence-corrected chi connectivity index (χ3v) is 4.91. The van der Waals surface area contributed by atoms with Crippen molar-refractivity contribution >= 4 is 34.5 Å². The number of rotatable bonds is 3. The number of nitrogens with one attached hydrogen (secondary N) is 2. The van der Waals surface area contributed by atoms with Crippen molar-refractivity contribution in [1.82, 2.24) is 15.8 Å². The SMILES string of the molecule is Cc1nc(-c2ccsc2)sc1C(=O)NNC(=O)C1CC1. The van der Waals surface area contributed by atoms with Crippen LogP contribution in [-0.2, 0) is 4.79 Å². The minimum atomic E-state index is -0.310. The van der Waals surface area contributed by atoms with Crippen LogP contribution in [0.25, 0.3) is 10.6 Å². The average Bonchev–Trinajstić information content (AvgIpc) is 2.99. The summed E-state index contributed by atoms with van der Waals surface area (Å²) < 4.78 is 0. The van der Waals surface area contributed by atoms with E-state index in [1.54, 1.807) is 18.3 Å². The van der Waals surface area contributed by atoms with Crippen LogP contribution in [0.15, 0.2) is 16.8 Å². The van der Waals surface area contributed by atoms with Gasteiger partial charge < -0.3 is 0 Å². The second kappa shape index (κ2) is 5.34. The molecule has 2 amide bonds. The summed E-state index contributed by atoms with van der Waals surface area (Å²) in [5.41, 5.74) is 6.60. The Balaban J connectivity index is 1.69. The van der Waals surface area contributed by atoms with E-state index in [9.17, 15) is 9.59 Å². The predicted octanol–water partition coefficient (Wildman–Crippen LogP) is 2.35. The zero-order chi connectivity index (χ0) is 14.1. The van der Waals surface area contributed by atoms with Crippen molar-refractivity contribution in [3.63, 3.8) is 0 Å². The van der Waals surface area contributed by atoms with Gasteiger partial charge in [0.25, 0.3) is 5.91 Å². The van der Waals surface area contributed by atoms with Crippen LogP contribution in [0.5, 0.6) is 0 Å². The number of nitrogens with zero attached hydrogens (tertiary/aromatic N) is 1. The van der Waals surface area contributed by atoms with E-state index in [0.717, 1.165) is 23.4 Å². The largest absolute Gasteiger partial charge is 0.281 e. The molecule has 0 atom stereocenters. The Bertz CT molecular complexity index is 645. The van der Waals surface area contributed by atoms with Gasteiger partial charge in [-0.05, 0) is 31.2 Å². The number of amides is 2. The molecule has 20 heavy (non-hydrogen) atoms. The van der Waals surface area contributed by atoms with Crippen molar-refractivity contribution in [2.75, 3.05) is 0 Å². The fourth-order valence-corrected chi connectivity index (χ4v) is 3.41. The summed E-state index contributed by atoms with van der Waals surface area (Å²) in [5.74, 6) is -0.353. The molecule has 0 aliphatic heterocycles. The Hall–Kier alpha value is -1.73. The van der Waals surface area contributed by atoms with Crippen LogP contribution in [0.3, 0.4) is 0 Å². The molecule has 2 N–H and O–H groups in total. The fourth-order valence-electron chi connectivity index (χ4n) is 1.74. The first-order valence-electron chi connectivity index (χ1n) is 6.25. The molecule has 5 nitrogen and oxygen atoms in total. The number of thiazole rings is 1. The quantitative estimate of drug-likeness (QED) is 0.855.